The zero-order valence-electron chi connectivity index (χ0n) is 17.3. The Morgan fingerprint density at radius 1 is 1.10 bits per heavy atom. The predicted molar refractivity (Wildman–Crippen MR) is 120 cm³/mol. The molecule has 6 nitrogen and oxygen atoms in total. The molecule has 3 rings (SSSR count). The number of likely N-dealkylation sites (N-methyl/N-ethyl adjacent to an activating group) is 1. The van der Waals surface area contributed by atoms with Gasteiger partial charge in [0.2, 0.25) is 0 Å². The van der Waals surface area contributed by atoms with Crippen LogP contribution in [0.5, 0.6) is 5.75 Å². The summed E-state index contributed by atoms with van der Waals surface area (Å²) < 4.78 is 10.3. The van der Waals surface area contributed by atoms with Crippen molar-refractivity contribution in [2.45, 2.75) is 20.3 Å². The van der Waals surface area contributed by atoms with Crippen molar-refractivity contribution in [2.75, 3.05) is 20.3 Å². The lowest BCUT2D eigenvalue weighted by atomic mass is 10.2. The Labute approximate surface area is 180 Å². The Morgan fingerprint density at radius 2 is 1.80 bits per heavy atom. The van der Waals surface area contributed by atoms with Crippen molar-refractivity contribution in [2.24, 2.45) is 4.99 Å². The third kappa shape index (κ3) is 5.10. The van der Waals surface area contributed by atoms with Gasteiger partial charge in [-0.1, -0.05) is 19.1 Å². The van der Waals surface area contributed by atoms with E-state index in [2.05, 4.69) is 11.9 Å². The number of carbonyl (C=O) groups is 2. The predicted octanol–water partition coefficient (Wildman–Crippen LogP) is 4.89. The van der Waals surface area contributed by atoms with Gasteiger partial charge in [-0.2, -0.15) is 0 Å². The Hall–Kier alpha value is -3.06. The number of amidine groups is 1. The highest BCUT2D eigenvalue weighted by molar-refractivity contribution is 8.18. The second kappa shape index (κ2) is 10.1. The maximum atomic E-state index is 12.8. The van der Waals surface area contributed by atoms with Crippen molar-refractivity contribution in [1.82, 2.24) is 4.90 Å². The molecule has 1 amide bonds. The molecule has 0 bridgehead atoms. The summed E-state index contributed by atoms with van der Waals surface area (Å²) in [5.41, 5.74) is 2.04. The number of esters is 1. The van der Waals surface area contributed by atoms with Crippen molar-refractivity contribution in [1.29, 1.82) is 0 Å². The van der Waals surface area contributed by atoms with Gasteiger partial charge in [-0.3, -0.25) is 9.69 Å². The maximum Gasteiger partial charge on any atom is 0.337 e. The molecule has 156 valence electrons. The quantitative estimate of drug-likeness (QED) is 0.468. The number of methoxy groups -OCH3 is 1. The van der Waals surface area contributed by atoms with Crippen molar-refractivity contribution in [3.8, 4) is 5.75 Å². The molecule has 0 radical (unpaired) electrons. The first-order valence-electron chi connectivity index (χ1n) is 9.77. The fourth-order valence-corrected chi connectivity index (χ4v) is 3.86. The zero-order chi connectivity index (χ0) is 21.5. The molecule has 7 heteroatoms. The summed E-state index contributed by atoms with van der Waals surface area (Å²) in [4.78, 5) is 31.2. The highest BCUT2D eigenvalue weighted by Gasteiger charge is 2.32. The zero-order valence-corrected chi connectivity index (χ0v) is 18.1. The van der Waals surface area contributed by atoms with Crippen LogP contribution in [0.4, 0.5) is 5.69 Å². The Morgan fingerprint density at radius 3 is 2.40 bits per heavy atom. The van der Waals surface area contributed by atoms with Crippen molar-refractivity contribution in [3.63, 3.8) is 0 Å². The molecule has 1 aliphatic heterocycles. The minimum absolute atomic E-state index is 0.0706. The standard InChI is InChI=1S/C23H24N2O4S/c1-4-14-29-19-12-6-16(7-13-19)15-20-21(26)25(5-2)23(30-20)24-18-10-8-17(9-11-18)22(27)28-3/h6-13,15H,4-5,14H2,1-3H3/b20-15-,24-23?. The van der Waals surface area contributed by atoms with E-state index in [0.29, 0.717) is 34.5 Å². The van der Waals surface area contributed by atoms with E-state index in [4.69, 9.17) is 9.47 Å². The summed E-state index contributed by atoms with van der Waals surface area (Å²) in [6.45, 7) is 5.18. The second-order valence-corrected chi connectivity index (χ2v) is 7.52. The molecule has 0 saturated carbocycles. The largest absolute Gasteiger partial charge is 0.494 e. The number of thioether (sulfide) groups is 1. The average molecular weight is 425 g/mol. The summed E-state index contributed by atoms with van der Waals surface area (Å²) in [7, 11) is 1.34. The van der Waals surface area contributed by atoms with E-state index < -0.39 is 5.97 Å². The molecule has 1 saturated heterocycles. The second-order valence-electron chi connectivity index (χ2n) is 6.51. The maximum absolute atomic E-state index is 12.8. The lowest BCUT2D eigenvalue weighted by molar-refractivity contribution is -0.122. The molecule has 1 fully saturated rings. The van der Waals surface area contributed by atoms with Gasteiger partial charge in [0.05, 0.1) is 29.9 Å². The number of benzene rings is 2. The molecular weight excluding hydrogens is 400 g/mol. The van der Waals surface area contributed by atoms with Gasteiger partial charge in [-0.25, -0.2) is 9.79 Å². The molecule has 2 aromatic rings. The highest BCUT2D eigenvalue weighted by atomic mass is 32.2. The number of hydrogen-bond acceptors (Lipinski definition) is 6. The Kier molecular flexibility index (Phi) is 7.30. The van der Waals surface area contributed by atoms with Crippen molar-refractivity contribution in [3.05, 3.63) is 64.6 Å². The summed E-state index contributed by atoms with van der Waals surface area (Å²) in [6, 6.07) is 14.4. The fourth-order valence-electron chi connectivity index (χ4n) is 2.80. The highest BCUT2D eigenvalue weighted by Crippen LogP contribution is 2.34. The number of carbonyl (C=O) groups excluding carboxylic acids is 2. The van der Waals surface area contributed by atoms with Crippen LogP contribution in [0.15, 0.2) is 58.4 Å². The average Bonchev–Trinajstić information content (AvgIpc) is 3.07. The van der Waals surface area contributed by atoms with E-state index in [1.165, 1.54) is 18.9 Å². The van der Waals surface area contributed by atoms with Crippen LogP contribution in [0.2, 0.25) is 0 Å². The molecule has 2 aromatic carbocycles. The summed E-state index contributed by atoms with van der Waals surface area (Å²) >= 11 is 1.34. The van der Waals surface area contributed by atoms with E-state index in [0.717, 1.165) is 17.7 Å². The van der Waals surface area contributed by atoms with Gasteiger partial charge in [0.25, 0.3) is 5.91 Å². The van der Waals surface area contributed by atoms with E-state index in [1.54, 1.807) is 29.2 Å². The van der Waals surface area contributed by atoms with Crippen LogP contribution in [0, 0.1) is 0 Å². The third-order valence-electron chi connectivity index (χ3n) is 4.37. The van der Waals surface area contributed by atoms with Gasteiger partial charge < -0.3 is 9.47 Å². The van der Waals surface area contributed by atoms with Crippen LogP contribution < -0.4 is 4.74 Å². The lowest BCUT2D eigenvalue weighted by Gasteiger charge is -2.12. The number of amides is 1. The summed E-state index contributed by atoms with van der Waals surface area (Å²) in [6.07, 6.45) is 2.82. The van der Waals surface area contributed by atoms with Crippen LogP contribution in [0.1, 0.15) is 36.2 Å². The van der Waals surface area contributed by atoms with E-state index >= 15 is 0 Å². The van der Waals surface area contributed by atoms with Gasteiger partial charge in [-0.15, -0.1) is 0 Å². The monoisotopic (exact) mass is 424 g/mol. The number of nitrogens with zero attached hydrogens (tertiary/aromatic N) is 2. The van der Waals surface area contributed by atoms with Gasteiger partial charge in [0.15, 0.2) is 5.17 Å². The SMILES string of the molecule is CCCOc1ccc(/C=C2\SC(=Nc3ccc(C(=O)OC)cc3)N(CC)C2=O)cc1. The van der Waals surface area contributed by atoms with Crippen molar-refractivity contribution < 1.29 is 19.1 Å². The first-order valence-corrected chi connectivity index (χ1v) is 10.6. The van der Waals surface area contributed by atoms with Crippen LogP contribution in [0.25, 0.3) is 6.08 Å². The van der Waals surface area contributed by atoms with Gasteiger partial charge in [0.1, 0.15) is 5.75 Å². The number of aliphatic imine (C=N–C) groups is 1. The van der Waals surface area contributed by atoms with Crippen LogP contribution >= 0.6 is 11.8 Å². The first kappa shape index (κ1) is 21.6. The Bertz CT molecular complexity index is 966. The summed E-state index contributed by atoms with van der Waals surface area (Å²) in [5.74, 6) is 0.349. The lowest BCUT2D eigenvalue weighted by Crippen LogP contribution is -2.28. The first-order chi connectivity index (χ1) is 14.5. The minimum atomic E-state index is -0.397. The normalized spacial score (nSPS) is 16.4. The van der Waals surface area contributed by atoms with Gasteiger partial charge in [0, 0.05) is 6.54 Å². The fraction of sp³-hybridized carbons (Fsp3) is 0.261. The van der Waals surface area contributed by atoms with E-state index in [9.17, 15) is 9.59 Å². The van der Waals surface area contributed by atoms with E-state index in [1.807, 2.05) is 37.3 Å². The van der Waals surface area contributed by atoms with Crippen molar-refractivity contribution >= 4 is 40.6 Å². The number of ether oxygens (including phenoxy) is 2. The smallest absolute Gasteiger partial charge is 0.337 e. The number of hydrogen-bond donors (Lipinski definition) is 0. The van der Waals surface area contributed by atoms with Crippen LogP contribution in [0.3, 0.4) is 0 Å². The summed E-state index contributed by atoms with van der Waals surface area (Å²) in [5, 5.41) is 0.613. The topological polar surface area (TPSA) is 68.2 Å². The minimum Gasteiger partial charge on any atom is -0.494 e. The van der Waals surface area contributed by atoms with Gasteiger partial charge >= 0.3 is 5.97 Å². The molecular formula is C23H24N2O4S. The molecule has 0 N–H and O–H groups in total. The number of rotatable bonds is 7. The van der Waals surface area contributed by atoms with Gasteiger partial charge in [-0.05, 0) is 73.1 Å². The third-order valence-corrected chi connectivity index (χ3v) is 5.37. The molecule has 0 atom stereocenters. The molecule has 0 aliphatic carbocycles. The Balaban J connectivity index is 1.79. The molecule has 0 unspecified atom stereocenters. The molecule has 0 spiro atoms. The van der Waals surface area contributed by atoms with E-state index in [-0.39, 0.29) is 5.91 Å². The molecule has 30 heavy (non-hydrogen) atoms. The molecule has 1 aliphatic rings. The molecule has 1 heterocycles. The molecule has 0 aromatic heterocycles. The van der Waals surface area contributed by atoms with Crippen LogP contribution in [-0.2, 0) is 9.53 Å². The van der Waals surface area contributed by atoms with Crippen LogP contribution in [-0.4, -0.2) is 42.2 Å².